The van der Waals surface area contributed by atoms with Gasteiger partial charge in [-0.2, -0.15) is 0 Å². The normalized spacial score (nSPS) is 19.8. The number of methoxy groups -OCH3 is 4. The summed E-state index contributed by atoms with van der Waals surface area (Å²) in [7, 11) is 10.1. The fourth-order valence-electron chi connectivity index (χ4n) is 7.14. The van der Waals surface area contributed by atoms with Gasteiger partial charge in [0.15, 0.2) is 23.0 Å². The average molecular weight is 767 g/mol. The van der Waals surface area contributed by atoms with Crippen molar-refractivity contribution in [2.45, 2.75) is 38.3 Å². The fraction of sp³-hybridized carbons (Fsp3) is 0.364. The highest BCUT2D eigenvalue weighted by Gasteiger charge is 2.46. The van der Waals surface area contributed by atoms with E-state index in [9.17, 15) is 9.59 Å². The zero-order chi connectivity index (χ0) is 40.0. The number of ether oxygens (including phenoxy) is 8. The number of hydrogen-bond donors (Lipinski definition) is 0. The Kier molecular flexibility index (Phi) is 12.1. The lowest BCUT2D eigenvalue weighted by molar-refractivity contribution is -0.205. The molecule has 2 unspecified atom stereocenters. The second-order valence-electron chi connectivity index (χ2n) is 14.2. The summed E-state index contributed by atoms with van der Waals surface area (Å²) >= 11 is 0. The van der Waals surface area contributed by atoms with Crippen molar-refractivity contribution in [2.75, 3.05) is 68.7 Å². The van der Waals surface area contributed by atoms with Crippen molar-refractivity contribution >= 4 is 11.9 Å². The molecule has 2 atom stereocenters. The number of likely N-dealkylation sites (N-methyl/N-ethyl adjacent to an activating group) is 2. The number of esters is 2. The Labute approximate surface area is 328 Å². The number of hydrogen-bond acceptors (Lipinski definition) is 12. The molecule has 0 saturated heterocycles. The number of fused-ring (bicyclic) bond motifs is 2. The van der Waals surface area contributed by atoms with Crippen molar-refractivity contribution in [1.82, 2.24) is 9.80 Å². The maximum absolute atomic E-state index is 14.0. The van der Waals surface area contributed by atoms with E-state index in [4.69, 9.17) is 37.9 Å². The maximum atomic E-state index is 14.0. The van der Waals surface area contributed by atoms with Gasteiger partial charge in [-0.15, -0.1) is 0 Å². The first-order valence-electron chi connectivity index (χ1n) is 18.4. The van der Waals surface area contributed by atoms with E-state index in [1.165, 1.54) is 0 Å². The summed E-state index contributed by atoms with van der Waals surface area (Å²) in [5.41, 5.74) is 4.98. The highest BCUT2D eigenvalue weighted by molar-refractivity contribution is 5.92. The van der Waals surface area contributed by atoms with Gasteiger partial charge >= 0.3 is 11.9 Å². The van der Waals surface area contributed by atoms with E-state index in [1.807, 2.05) is 98.4 Å². The summed E-state index contributed by atoms with van der Waals surface area (Å²) in [5.74, 6) is -2.00. The Balaban J connectivity index is 1.37. The summed E-state index contributed by atoms with van der Waals surface area (Å²) in [6.45, 7) is 5.60. The van der Waals surface area contributed by atoms with Crippen molar-refractivity contribution in [3.8, 4) is 34.5 Å². The minimum atomic E-state index is -1.64. The standard InChI is InChI=1S/C44H50N2O10/c1-29-9-13-33(14-10-29)53-43(27-45(3)21-19-31-23-37(49-5)39(51-7)25-35(31)43)55-41(47)17-18-42(48)56-44(54-34-15-11-30(2)12-16-34)28-46(4)22-20-32-24-38(50-6)40(52-8)26-36(32)44/h9-18,23-26H,19-22,27-28H2,1-8H3/b18-17-. The average Bonchev–Trinajstić information content (AvgIpc) is 3.40. The Bertz CT molecular complexity index is 1920. The van der Waals surface area contributed by atoms with Gasteiger partial charge in [-0.05, 0) is 100 Å². The summed E-state index contributed by atoms with van der Waals surface area (Å²) in [6, 6.07) is 22.3. The molecule has 4 aromatic rings. The van der Waals surface area contributed by atoms with Gasteiger partial charge < -0.3 is 37.9 Å². The molecule has 2 aliphatic rings. The zero-order valence-electron chi connectivity index (χ0n) is 33.3. The van der Waals surface area contributed by atoms with Crippen LogP contribution < -0.4 is 28.4 Å². The third-order valence-electron chi connectivity index (χ3n) is 10.0. The van der Waals surface area contributed by atoms with E-state index >= 15 is 0 Å². The van der Waals surface area contributed by atoms with Crippen LogP contribution in [0, 0.1) is 13.8 Å². The van der Waals surface area contributed by atoms with Crippen molar-refractivity contribution < 1.29 is 47.5 Å². The van der Waals surface area contributed by atoms with Gasteiger partial charge in [0, 0.05) is 36.4 Å². The minimum absolute atomic E-state index is 0.176. The molecule has 0 aliphatic carbocycles. The van der Waals surface area contributed by atoms with Crippen LogP contribution in [0.3, 0.4) is 0 Å². The number of rotatable bonds is 12. The summed E-state index contributed by atoms with van der Waals surface area (Å²) < 4.78 is 48.5. The summed E-state index contributed by atoms with van der Waals surface area (Å²) in [4.78, 5) is 32.0. The number of benzene rings is 4. The Morgan fingerprint density at radius 1 is 0.554 bits per heavy atom. The molecule has 0 aromatic heterocycles. The highest BCUT2D eigenvalue weighted by atomic mass is 16.7. The number of nitrogens with zero attached hydrogens (tertiary/aromatic N) is 2. The minimum Gasteiger partial charge on any atom is -0.493 e. The SMILES string of the molecule is COc1cc2c(cc1OC)C(OC(=O)/C=C\C(=O)OC1(Oc3ccc(C)cc3)CN(C)CCc3cc(OC)c(OC)cc31)(Oc1ccc(C)cc1)CN(C)CC2. The molecule has 0 saturated carbocycles. The summed E-state index contributed by atoms with van der Waals surface area (Å²) in [5, 5.41) is 0. The smallest absolute Gasteiger partial charge is 0.334 e. The lowest BCUT2D eigenvalue weighted by atomic mass is 9.97. The number of carbonyl (C=O) groups excluding carboxylic acids is 2. The van der Waals surface area contributed by atoms with E-state index in [2.05, 4.69) is 0 Å². The lowest BCUT2D eigenvalue weighted by Crippen LogP contribution is -2.47. The molecular formula is C44H50N2O10. The van der Waals surface area contributed by atoms with E-state index < -0.39 is 23.5 Å². The first kappa shape index (κ1) is 40.0. The molecule has 0 radical (unpaired) electrons. The molecule has 2 heterocycles. The quantitative estimate of drug-likeness (QED) is 0.0941. The highest BCUT2D eigenvalue weighted by Crippen LogP contribution is 2.43. The largest absolute Gasteiger partial charge is 0.493 e. The lowest BCUT2D eigenvalue weighted by Gasteiger charge is -2.36. The van der Waals surface area contributed by atoms with Gasteiger partial charge in [0.05, 0.1) is 41.5 Å². The molecule has 2 aliphatic heterocycles. The van der Waals surface area contributed by atoms with Crippen LogP contribution >= 0.6 is 0 Å². The molecule has 0 spiro atoms. The molecule has 6 rings (SSSR count). The molecule has 0 fully saturated rings. The van der Waals surface area contributed by atoms with Gasteiger partial charge in [0.2, 0.25) is 0 Å². The van der Waals surface area contributed by atoms with Crippen molar-refractivity contribution in [2.24, 2.45) is 0 Å². The predicted molar refractivity (Wildman–Crippen MR) is 210 cm³/mol. The molecule has 4 aromatic carbocycles. The second-order valence-corrected chi connectivity index (χ2v) is 14.2. The van der Waals surface area contributed by atoms with Crippen LogP contribution in [0.15, 0.2) is 84.9 Å². The van der Waals surface area contributed by atoms with Crippen LogP contribution in [0.5, 0.6) is 34.5 Å². The zero-order valence-corrected chi connectivity index (χ0v) is 33.3. The van der Waals surface area contributed by atoms with Crippen LogP contribution in [-0.4, -0.2) is 90.5 Å². The Hall–Kier alpha value is -5.72. The molecule has 56 heavy (non-hydrogen) atoms. The van der Waals surface area contributed by atoms with E-state index in [1.54, 1.807) is 40.6 Å². The molecule has 12 heteroatoms. The van der Waals surface area contributed by atoms with Gasteiger partial charge in [-0.3, -0.25) is 9.80 Å². The fourth-order valence-corrected chi connectivity index (χ4v) is 7.14. The van der Waals surface area contributed by atoms with Gasteiger partial charge in [-0.25, -0.2) is 9.59 Å². The van der Waals surface area contributed by atoms with Gasteiger partial charge in [0.1, 0.15) is 11.5 Å². The van der Waals surface area contributed by atoms with E-state index in [-0.39, 0.29) is 13.1 Å². The molecule has 0 amide bonds. The Morgan fingerprint density at radius 3 is 1.23 bits per heavy atom. The monoisotopic (exact) mass is 766 g/mol. The third-order valence-corrected chi connectivity index (χ3v) is 10.0. The van der Waals surface area contributed by atoms with Crippen LogP contribution in [0.1, 0.15) is 33.4 Å². The van der Waals surface area contributed by atoms with Gasteiger partial charge in [0.25, 0.3) is 11.6 Å². The first-order valence-corrected chi connectivity index (χ1v) is 18.4. The number of aryl methyl sites for hydroxylation is 2. The second kappa shape index (κ2) is 17.0. The topological polar surface area (TPSA) is 114 Å². The van der Waals surface area contributed by atoms with E-state index in [0.29, 0.717) is 71.6 Å². The predicted octanol–water partition coefficient (Wildman–Crippen LogP) is 6.12. The molecule has 0 bridgehead atoms. The van der Waals surface area contributed by atoms with Crippen molar-refractivity contribution in [3.05, 3.63) is 118 Å². The molecular weight excluding hydrogens is 716 g/mol. The van der Waals surface area contributed by atoms with Gasteiger partial charge in [-0.1, -0.05) is 35.4 Å². The van der Waals surface area contributed by atoms with Crippen LogP contribution in [0.4, 0.5) is 0 Å². The maximum Gasteiger partial charge on any atom is 0.334 e. The molecule has 0 N–H and O–H groups in total. The van der Waals surface area contributed by atoms with Crippen LogP contribution in [0.25, 0.3) is 0 Å². The van der Waals surface area contributed by atoms with Crippen molar-refractivity contribution in [1.29, 1.82) is 0 Å². The Morgan fingerprint density at radius 2 is 0.893 bits per heavy atom. The summed E-state index contributed by atoms with van der Waals surface area (Å²) in [6.07, 6.45) is 3.34. The molecule has 296 valence electrons. The number of carbonyl (C=O) groups is 2. The molecule has 12 nitrogen and oxygen atoms in total. The van der Waals surface area contributed by atoms with Crippen molar-refractivity contribution in [3.63, 3.8) is 0 Å². The third kappa shape index (κ3) is 8.72. The van der Waals surface area contributed by atoms with Crippen LogP contribution in [0.2, 0.25) is 0 Å². The van der Waals surface area contributed by atoms with E-state index in [0.717, 1.165) is 34.4 Å². The first-order chi connectivity index (χ1) is 26.9. The van der Waals surface area contributed by atoms with Crippen LogP contribution in [-0.2, 0) is 43.5 Å².